The average Bonchev–Trinajstić information content (AvgIpc) is 3.19. The number of esters is 2. The molecule has 0 N–H and O–H groups in total. The minimum atomic E-state index is -1.71. The number of fused-ring (bicyclic) bond motifs is 3. The zero-order valence-electron chi connectivity index (χ0n) is 18.8. The lowest BCUT2D eigenvalue weighted by atomic mass is 9.56. The summed E-state index contributed by atoms with van der Waals surface area (Å²) in [6, 6.07) is 0. The van der Waals surface area contributed by atoms with Crippen molar-refractivity contribution >= 4 is 23.5 Å². The number of hydrogen-bond acceptors (Lipinski definition) is 6. The lowest BCUT2D eigenvalue weighted by Crippen LogP contribution is -2.58. The van der Waals surface area contributed by atoms with Crippen molar-refractivity contribution in [2.45, 2.75) is 65.9 Å². The predicted octanol–water partition coefficient (Wildman–Crippen LogP) is 3.58. The van der Waals surface area contributed by atoms with Gasteiger partial charge >= 0.3 is 11.9 Å². The summed E-state index contributed by atoms with van der Waals surface area (Å²) in [5.41, 5.74) is -2.04. The van der Waals surface area contributed by atoms with Crippen molar-refractivity contribution in [1.29, 1.82) is 0 Å². The van der Waals surface area contributed by atoms with E-state index < -0.39 is 35.0 Å². The molecule has 0 spiro atoms. The van der Waals surface area contributed by atoms with E-state index in [0.717, 1.165) is 19.3 Å². The summed E-state index contributed by atoms with van der Waals surface area (Å²) >= 11 is 0. The molecule has 168 valence electrons. The highest BCUT2D eigenvalue weighted by Gasteiger charge is 2.66. The van der Waals surface area contributed by atoms with Gasteiger partial charge in [-0.25, -0.2) is 0 Å². The third-order valence-corrected chi connectivity index (χ3v) is 8.42. The number of rotatable bonds is 5. The van der Waals surface area contributed by atoms with Crippen LogP contribution in [0.3, 0.4) is 0 Å². The molecule has 0 unspecified atom stereocenters. The zero-order valence-corrected chi connectivity index (χ0v) is 18.8. The lowest BCUT2D eigenvalue weighted by molar-refractivity contribution is -0.187. The van der Waals surface area contributed by atoms with Gasteiger partial charge in [0.05, 0.1) is 13.0 Å². The standard InChI is InChI=1S/C25H32O6/c1-5-30-20(28)13-15-7-6-8-17-18(26)9-10-19(27)25(15,17)22(29)31-21-23(2,3)16-11-12-24(21,4)14-16/h6-7,9-10,15-17,21H,5,8,11-14H2,1-4H3/t15-,16-,17+,21-,24+,25-/m0/s1. The fraction of sp³-hybridized carbons (Fsp3) is 0.680. The maximum absolute atomic E-state index is 13.9. The first-order valence-electron chi connectivity index (χ1n) is 11.4. The molecule has 0 heterocycles. The number of allylic oxidation sites excluding steroid dienone is 4. The van der Waals surface area contributed by atoms with Crippen LogP contribution in [-0.4, -0.2) is 36.2 Å². The largest absolute Gasteiger partial charge is 0.466 e. The third-order valence-electron chi connectivity index (χ3n) is 8.42. The molecule has 0 aromatic heterocycles. The van der Waals surface area contributed by atoms with Gasteiger partial charge in [-0.2, -0.15) is 0 Å². The highest BCUT2D eigenvalue weighted by molar-refractivity contribution is 6.19. The Morgan fingerprint density at radius 2 is 1.90 bits per heavy atom. The van der Waals surface area contributed by atoms with Crippen LogP contribution in [0.15, 0.2) is 24.3 Å². The molecule has 4 rings (SSSR count). The average molecular weight is 429 g/mol. The van der Waals surface area contributed by atoms with E-state index in [4.69, 9.17) is 9.47 Å². The Bertz CT molecular complexity index is 878. The fourth-order valence-electron chi connectivity index (χ4n) is 6.86. The summed E-state index contributed by atoms with van der Waals surface area (Å²) in [7, 11) is 0. The van der Waals surface area contributed by atoms with Gasteiger partial charge in [0.25, 0.3) is 0 Å². The first-order chi connectivity index (χ1) is 14.6. The molecule has 0 radical (unpaired) electrons. The molecule has 6 nitrogen and oxygen atoms in total. The highest BCUT2D eigenvalue weighted by atomic mass is 16.6. The Morgan fingerprint density at radius 3 is 2.55 bits per heavy atom. The van der Waals surface area contributed by atoms with E-state index >= 15 is 0 Å². The Balaban J connectivity index is 1.73. The van der Waals surface area contributed by atoms with Gasteiger partial charge in [0.2, 0.25) is 0 Å². The SMILES string of the molecule is CCOC(=O)C[C@@H]1C=CC[C@@H]2C(=O)C=CC(=O)[C@@]21C(=O)O[C@H]1C(C)(C)[C@H]2CC[C@]1(C)C2. The Morgan fingerprint density at radius 1 is 1.16 bits per heavy atom. The van der Waals surface area contributed by atoms with Gasteiger partial charge in [0.1, 0.15) is 11.5 Å². The van der Waals surface area contributed by atoms with E-state index in [1.807, 2.05) is 0 Å². The van der Waals surface area contributed by atoms with Crippen LogP contribution in [0.2, 0.25) is 0 Å². The number of ether oxygens (including phenoxy) is 2. The van der Waals surface area contributed by atoms with Crippen molar-refractivity contribution in [3.05, 3.63) is 24.3 Å². The first-order valence-corrected chi connectivity index (χ1v) is 11.4. The lowest BCUT2D eigenvalue weighted by Gasteiger charge is -2.47. The van der Waals surface area contributed by atoms with E-state index in [2.05, 4.69) is 20.8 Å². The molecule has 6 heteroatoms. The maximum Gasteiger partial charge on any atom is 0.321 e. The molecular weight excluding hydrogens is 396 g/mol. The zero-order chi connectivity index (χ0) is 22.6. The van der Waals surface area contributed by atoms with Gasteiger partial charge in [-0.05, 0) is 50.7 Å². The topological polar surface area (TPSA) is 86.7 Å². The minimum Gasteiger partial charge on any atom is -0.466 e. The maximum atomic E-state index is 13.9. The summed E-state index contributed by atoms with van der Waals surface area (Å²) in [4.78, 5) is 52.4. The van der Waals surface area contributed by atoms with Crippen LogP contribution in [0.4, 0.5) is 0 Å². The second-order valence-electron chi connectivity index (χ2n) is 10.5. The summed E-state index contributed by atoms with van der Waals surface area (Å²) in [5.74, 6) is -3.03. The van der Waals surface area contributed by atoms with Crippen molar-refractivity contribution in [2.24, 2.45) is 34.0 Å². The molecule has 6 atom stereocenters. The third kappa shape index (κ3) is 3.13. The molecule has 2 fully saturated rings. The fourth-order valence-corrected chi connectivity index (χ4v) is 6.86. The smallest absolute Gasteiger partial charge is 0.321 e. The first kappa shape index (κ1) is 22.0. The molecule has 4 aliphatic rings. The number of carbonyl (C=O) groups excluding carboxylic acids is 4. The van der Waals surface area contributed by atoms with Crippen molar-refractivity contribution in [3.63, 3.8) is 0 Å². The van der Waals surface area contributed by atoms with Crippen LogP contribution in [-0.2, 0) is 28.7 Å². The molecule has 31 heavy (non-hydrogen) atoms. The van der Waals surface area contributed by atoms with E-state index in [0.29, 0.717) is 5.92 Å². The van der Waals surface area contributed by atoms with Crippen molar-refractivity contribution in [2.75, 3.05) is 6.61 Å². The molecule has 0 aromatic rings. The van der Waals surface area contributed by atoms with Crippen molar-refractivity contribution < 1.29 is 28.7 Å². The van der Waals surface area contributed by atoms with Crippen molar-refractivity contribution in [3.8, 4) is 0 Å². The molecule has 0 aromatic carbocycles. The van der Waals surface area contributed by atoms with E-state index in [1.165, 1.54) is 12.2 Å². The van der Waals surface area contributed by atoms with Gasteiger partial charge in [0.15, 0.2) is 11.6 Å². The number of hydrogen-bond donors (Lipinski definition) is 0. The normalized spacial score (nSPS) is 40.0. The van der Waals surface area contributed by atoms with E-state index in [-0.39, 0.29) is 42.2 Å². The Labute approximate surface area is 183 Å². The molecule has 4 aliphatic carbocycles. The summed E-state index contributed by atoms with van der Waals surface area (Å²) in [6.07, 6.45) is 8.83. The second-order valence-corrected chi connectivity index (χ2v) is 10.5. The van der Waals surface area contributed by atoms with Gasteiger partial charge in [0, 0.05) is 22.7 Å². The van der Waals surface area contributed by atoms with Crippen molar-refractivity contribution in [1.82, 2.24) is 0 Å². The number of carbonyl (C=O) groups is 4. The summed E-state index contributed by atoms with van der Waals surface area (Å²) < 4.78 is 11.3. The van der Waals surface area contributed by atoms with Crippen LogP contribution in [0, 0.1) is 34.0 Å². The van der Waals surface area contributed by atoms with E-state index in [1.54, 1.807) is 19.1 Å². The Hall–Kier alpha value is -2.24. The van der Waals surface area contributed by atoms with Gasteiger partial charge in [-0.3, -0.25) is 19.2 Å². The minimum absolute atomic E-state index is 0.130. The molecule has 0 amide bonds. The second kappa shape index (κ2) is 7.42. The van der Waals surface area contributed by atoms with Gasteiger partial charge in [-0.15, -0.1) is 0 Å². The molecule has 0 saturated heterocycles. The van der Waals surface area contributed by atoms with Crippen LogP contribution in [0.5, 0.6) is 0 Å². The highest BCUT2D eigenvalue weighted by Crippen LogP contribution is 2.64. The summed E-state index contributed by atoms with van der Waals surface area (Å²) in [6.45, 7) is 8.31. The molecule has 2 bridgehead atoms. The molecular formula is C25H32O6. The number of ketones is 2. The molecule has 2 saturated carbocycles. The quantitative estimate of drug-likeness (QED) is 0.378. The predicted molar refractivity (Wildman–Crippen MR) is 113 cm³/mol. The van der Waals surface area contributed by atoms with Crippen LogP contribution in [0.1, 0.15) is 59.8 Å². The van der Waals surface area contributed by atoms with Crippen LogP contribution >= 0.6 is 0 Å². The Kier molecular flexibility index (Phi) is 5.26. The summed E-state index contributed by atoms with van der Waals surface area (Å²) in [5, 5.41) is 0. The van der Waals surface area contributed by atoms with Gasteiger partial charge < -0.3 is 9.47 Å². The van der Waals surface area contributed by atoms with Gasteiger partial charge in [-0.1, -0.05) is 32.9 Å². The van der Waals surface area contributed by atoms with Crippen LogP contribution in [0.25, 0.3) is 0 Å². The monoisotopic (exact) mass is 428 g/mol. The molecule has 0 aliphatic heterocycles. The van der Waals surface area contributed by atoms with Crippen LogP contribution < -0.4 is 0 Å². The van der Waals surface area contributed by atoms with E-state index in [9.17, 15) is 19.2 Å².